The van der Waals surface area contributed by atoms with Crippen molar-refractivity contribution in [2.45, 2.75) is 107 Å². The van der Waals surface area contributed by atoms with Crippen LogP contribution in [0.3, 0.4) is 0 Å². The van der Waals surface area contributed by atoms with Crippen molar-refractivity contribution in [3.05, 3.63) is 43.0 Å². The van der Waals surface area contributed by atoms with E-state index in [1.807, 2.05) is 6.07 Å². The van der Waals surface area contributed by atoms with E-state index < -0.39 is 46.0 Å². The molecule has 2 fully saturated rings. The van der Waals surface area contributed by atoms with Crippen molar-refractivity contribution in [2.75, 3.05) is 5.32 Å². The van der Waals surface area contributed by atoms with Crippen LogP contribution < -0.4 is 10.1 Å². The largest absolute Gasteiger partial charge is 0.451 e. The van der Waals surface area contributed by atoms with E-state index in [4.69, 9.17) is 13.6 Å². The molecule has 13 heteroatoms. The minimum Gasteiger partial charge on any atom is -0.451 e. The highest BCUT2D eigenvalue weighted by atomic mass is 28.4. The fourth-order valence-corrected chi connectivity index (χ4v) is 23.1. The number of anilines is 1. The number of benzene rings is 1. The summed E-state index contributed by atoms with van der Waals surface area (Å²) in [6.07, 6.45) is 0.977. The number of carbonyl (C=O) groups is 1. The van der Waals surface area contributed by atoms with Crippen molar-refractivity contribution in [1.82, 2.24) is 19.5 Å². The molecule has 2 aliphatic heterocycles. The molecule has 0 spiro atoms. The van der Waals surface area contributed by atoms with Crippen LogP contribution in [0.15, 0.2) is 43.0 Å². The molecular weight excluding hydrogens is 571 g/mol. The van der Waals surface area contributed by atoms with Crippen LogP contribution in [0.5, 0.6) is 5.75 Å². The van der Waals surface area contributed by atoms with Crippen molar-refractivity contribution >= 4 is 39.7 Å². The number of fused-ring (bicyclic) bond motifs is 2. The van der Waals surface area contributed by atoms with Crippen molar-refractivity contribution < 1.29 is 28.6 Å². The quantitative estimate of drug-likeness (QED) is 0.296. The number of para-hydroxylation sites is 1. The van der Waals surface area contributed by atoms with E-state index in [1.165, 1.54) is 6.33 Å². The van der Waals surface area contributed by atoms with Gasteiger partial charge in [-0.3, -0.25) is 9.88 Å². The van der Waals surface area contributed by atoms with Crippen LogP contribution in [-0.2, 0) is 8.85 Å². The number of aliphatic hydroxyl groups excluding tert-OH is 1. The molecule has 3 aromatic rings. The first-order chi connectivity index (χ1) is 19.8. The molecule has 0 saturated carbocycles. The van der Waals surface area contributed by atoms with Gasteiger partial charge in [0.15, 0.2) is 17.0 Å². The van der Waals surface area contributed by atoms with Gasteiger partial charge in [0.25, 0.3) is 0 Å². The Kier molecular flexibility index (Phi) is 8.13. The monoisotopic (exact) mass is 613 g/mol. The number of hydrogen-bond donors (Lipinski definition) is 3. The summed E-state index contributed by atoms with van der Waals surface area (Å²) in [6.45, 7) is 17.1. The predicted molar refractivity (Wildman–Crippen MR) is 164 cm³/mol. The van der Waals surface area contributed by atoms with Gasteiger partial charge in [-0.25, -0.2) is 19.7 Å². The second-order valence-electron chi connectivity index (χ2n) is 12.8. The highest BCUT2D eigenvalue weighted by molar-refractivity contribution is 6.93. The average molecular weight is 614 g/mol. The molecule has 5 rings (SSSR count). The molecule has 0 bridgehead atoms. The zero-order valence-corrected chi connectivity index (χ0v) is 27.6. The highest BCUT2D eigenvalue weighted by Crippen LogP contribution is 2.60. The first-order valence-corrected chi connectivity index (χ1v) is 19.0. The molecule has 1 aromatic carbocycles. The molecule has 1 amide bonds. The summed E-state index contributed by atoms with van der Waals surface area (Å²) in [5, 5.41) is 26.1. The summed E-state index contributed by atoms with van der Waals surface area (Å²) in [5.41, 5.74) is 0.273. The molecule has 11 nitrogen and oxygen atoms in total. The summed E-state index contributed by atoms with van der Waals surface area (Å²) in [6, 6.07) is 8.73. The Hall–Kier alpha value is -2.69. The molecule has 2 saturated heterocycles. The van der Waals surface area contributed by atoms with E-state index in [0.717, 1.165) is 0 Å². The average Bonchev–Trinajstić information content (AvgIpc) is 3.51. The van der Waals surface area contributed by atoms with Crippen LogP contribution in [0.1, 0.15) is 68.0 Å². The lowest BCUT2D eigenvalue weighted by molar-refractivity contribution is -0.0907. The molecular formula is C29H43N5O6Si2. The maximum absolute atomic E-state index is 12.7. The fourth-order valence-electron chi connectivity index (χ4n) is 7.63. The standard InChI is InChI=1S/C29H43N5O6Si2/c1-17(2)41(18(3)4)27(35)24-29(37,42(40-41,19(5)6)20(7)8)14-22(39-24)34-16-32-23-25(30-15-31-26(23)34)33-28(36)38-21-12-10-9-11-13-21/h9-13,15-20,22,24,27,35,37H,14H2,1-8H3,(H,30,31,33,36)/t22-,24-,27?,29-/m1/s1. The van der Waals surface area contributed by atoms with E-state index >= 15 is 0 Å². The maximum Gasteiger partial charge on any atom is 0.418 e. The van der Waals surface area contributed by atoms with E-state index in [9.17, 15) is 15.0 Å². The zero-order chi connectivity index (χ0) is 30.6. The predicted octanol–water partition coefficient (Wildman–Crippen LogP) is 5.46. The topological polar surface area (TPSA) is 141 Å². The molecule has 2 aliphatic rings. The first kappa shape index (κ1) is 30.8. The van der Waals surface area contributed by atoms with Gasteiger partial charge >= 0.3 is 6.09 Å². The van der Waals surface area contributed by atoms with E-state index in [1.54, 1.807) is 35.2 Å². The molecule has 3 N–H and O–H groups in total. The molecule has 2 aromatic heterocycles. The third kappa shape index (κ3) is 4.52. The number of aromatic nitrogens is 4. The second kappa shape index (κ2) is 11.1. The number of ether oxygens (including phenoxy) is 2. The van der Waals surface area contributed by atoms with Gasteiger partial charge in [0.05, 0.1) is 6.33 Å². The maximum atomic E-state index is 12.7. The minimum absolute atomic E-state index is 0.0810. The summed E-state index contributed by atoms with van der Waals surface area (Å²) >= 11 is 0. The number of hydrogen-bond acceptors (Lipinski definition) is 9. The van der Waals surface area contributed by atoms with Crippen LogP contribution in [0, 0.1) is 0 Å². The number of nitrogens with one attached hydrogen (secondary N) is 1. The van der Waals surface area contributed by atoms with Gasteiger partial charge in [-0.15, -0.1) is 0 Å². The lowest BCUT2D eigenvalue weighted by Gasteiger charge is -2.62. The fraction of sp³-hybridized carbons (Fsp3) is 0.586. The number of amides is 1. The molecule has 228 valence electrons. The van der Waals surface area contributed by atoms with Crippen molar-refractivity contribution in [3.8, 4) is 5.75 Å². The Bertz CT molecular complexity index is 1420. The SMILES string of the molecule is CC(C)[Si]1(C(C)C)O[Si](C(C)C)(C(C)C)[C@]2(O)C[C@H](n3cnc4c(NC(=O)Oc5ccccc5)ncnc43)O[C@@H]2C1O. The summed E-state index contributed by atoms with van der Waals surface area (Å²) in [5.74, 6) is 0.587. The summed E-state index contributed by atoms with van der Waals surface area (Å²) in [4.78, 5) is 25.8. The number of carbonyl (C=O) groups excluding carboxylic acids is 1. The molecule has 4 heterocycles. The van der Waals surface area contributed by atoms with Crippen molar-refractivity contribution in [2.24, 2.45) is 0 Å². The van der Waals surface area contributed by atoms with E-state index in [0.29, 0.717) is 16.9 Å². The number of imidazole rings is 1. The van der Waals surface area contributed by atoms with Gasteiger partial charge in [0, 0.05) is 6.42 Å². The first-order valence-electron chi connectivity index (χ1n) is 14.8. The van der Waals surface area contributed by atoms with Crippen LogP contribution in [0.4, 0.5) is 10.6 Å². The van der Waals surface area contributed by atoms with Gasteiger partial charge in [-0.2, -0.15) is 0 Å². The van der Waals surface area contributed by atoms with Gasteiger partial charge in [-0.05, 0) is 34.3 Å². The number of rotatable bonds is 7. The van der Waals surface area contributed by atoms with Gasteiger partial charge in [0.2, 0.25) is 16.6 Å². The minimum atomic E-state index is -2.99. The zero-order valence-electron chi connectivity index (χ0n) is 25.6. The lowest BCUT2D eigenvalue weighted by Crippen LogP contribution is -2.82. The van der Waals surface area contributed by atoms with Crippen LogP contribution >= 0.6 is 0 Å². The van der Waals surface area contributed by atoms with Gasteiger partial charge < -0.3 is 23.8 Å². The Morgan fingerprint density at radius 3 is 2.26 bits per heavy atom. The third-order valence-corrected chi connectivity index (χ3v) is 22.3. The van der Waals surface area contributed by atoms with Crippen LogP contribution in [-0.4, -0.2) is 69.5 Å². The van der Waals surface area contributed by atoms with Crippen molar-refractivity contribution in [3.63, 3.8) is 0 Å². The lowest BCUT2D eigenvalue weighted by atomic mass is 10.1. The summed E-state index contributed by atoms with van der Waals surface area (Å²) < 4.78 is 21.2. The Balaban J connectivity index is 1.52. The molecule has 4 atom stereocenters. The van der Waals surface area contributed by atoms with Gasteiger partial charge in [-0.1, -0.05) is 73.6 Å². The van der Waals surface area contributed by atoms with Crippen molar-refractivity contribution in [1.29, 1.82) is 0 Å². The molecule has 0 aliphatic carbocycles. The number of nitrogens with zero attached hydrogens (tertiary/aromatic N) is 4. The normalized spacial score (nSPS) is 26.8. The Labute approximate surface area is 248 Å². The molecule has 42 heavy (non-hydrogen) atoms. The van der Waals surface area contributed by atoms with Crippen LogP contribution in [0.25, 0.3) is 11.2 Å². The second-order valence-corrected chi connectivity index (χ2v) is 23.0. The smallest absolute Gasteiger partial charge is 0.418 e. The summed E-state index contributed by atoms with van der Waals surface area (Å²) in [7, 11) is -5.84. The highest BCUT2D eigenvalue weighted by Gasteiger charge is 2.76. The Morgan fingerprint density at radius 1 is 1.02 bits per heavy atom. The van der Waals surface area contributed by atoms with Gasteiger partial charge in [0.1, 0.15) is 35.4 Å². The Morgan fingerprint density at radius 2 is 1.67 bits per heavy atom. The van der Waals surface area contributed by atoms with E-state index in [2.05, 4.69) is 75.7 Å². The number of aliphatic hydroxyl groups is 2. The van der Waals surface area contributed by atoms with Crippen LogP contribution in [0.2, 0.25) is 22.2 Å². The molecule has 1 unspecified atom stereocenters. The van der Waals surface area contributed by atoms with E-state index in [-0.39, 0.29) is 34.4 Å². The third-order valence-electron chi connectivity index (χ3n) is 9.39. The molecule has 0 radical (unpaired) electrons.